The maximum absolute atomic E-state index is 12.3. The summed E-state index contributed by atoms with van der Waals surface area (Å²) in [6.45, 7) is 0.971. The fourth-order valence-electron chi connectivity index (χ4n) is 2.59. The molecule has 1 aromatic rings. The maximum atomic E-state index is 12.3. The molecule has 1 amide bonds. The fourth-order valence-corrected chi connectivity index (χ4v) is 2.59. The number of carbonyl (C=O) groups is 1. The summed E-state index contributed by atoms with van der Waals surface area (Å²) in [5.74, 6) is -0.283. The van der Waals surface area contributed by atoms with Crippen LogP contribution in [-0.2, 0) is 4.79 Å². The van der Waals surface area contributed by atoms with E-state index in [1.807, 2.05) is 17.9 Å². The van der Waals surface area contributed by atoms with E-state index in [1.54, 1.807) is 12.1 Å². The van der Waals surface area contributed by atoms with Crippen LogP contribution in [0.2, 0.25) is 0 Å². The van der Waals surface area contributed by atoms with Crippen LogP contribution in [0.1, 0.15) is 18.5 Å². The molecule has 0 bridgehead atoms. The maximum Gasteiger partial charge on any atom is 0.387 e. The van der Waals surface area contributed by atoms with E-state index >= 15 is 0 Å². The van der Waals surface area contributed by atoms with Crippen LogP contribution in [0, 0.1) is 0 Å². The topological polar surface area (TPSA) is 67.6 Å². The molecule has 1 aliphatic rings. The molecule has 1 fully saturated rings. The van der Waals surface area contributed by atoms with Crippen molar-refractivity contribution in [3.8, 4) is 5.75 Å². The number of rotatable bonds is 5. The number of piperazine rings is 1. The third kappa shape index (κ3) is 3.89. The van der Waals surface area contributed by atoms with Crippen LogP contribution in [0.3, 0.4) is 0 Å². The van der Waals surface area contributed by atoms with E-state index < -0.39 is 18.6 Å². The van der Waals surface area contributed by atoms with Crippen LogP contribution in [0.4, 0.5) is 8.78 Å². The molecule has 2 atom stereocenters. The highest BCUT2D eigenvalue weighted by Crippen LogP contribution is 2.26. The Hall–Kier alpha value is -1.73. The number of benzene rings is 1. The minimum Gasteiger partial charge on any atom is -0.435 e. The average Bonchev–Trinajstić information content (AvgIpc) is 2.46. The van der Waals surface area contributed by atoms with Gasteiger partial charge in [-0.05, 0) is 24.6 Å². The van der Waals surface area contributed by atoms with Crippen LogP contribution < -0.4 is 15.8 Å². The van der Waals surface area contributed by atoms with Gasteiger partial charge in [0.2, 0.25) is 5.91 Å². The summed E-state index contributed by atoms with van der Waals surface area (Å²) in [5, 5.41) is 3.12. The molecular weight excluding hydrogens is 280 g/mol. The fraction of sp³-hybridized carbons (Fsp3) is 0.500. The van der Waals surface area contributed by atoms with Gasteiger partial charge in [-0.2, -0.15) is 8.78 Å². The molecule has 0 saturated carbocycles. The molecule has 2 rings (SSSR count). The number of primary amides is 1. The van der Waals surface area contributed by atoms with Gasteiger partial charge in [0.1, 0.15) is 11.8 Å². The molecule has 7 heteroatoms. The summed E-state index contributed by atoms with van der Waals surface area (Å²) in [6, 6.07) is 6.00. The molecule has 1 aromatic carbocycles. The predicted octanol–water partition coefficient (Wildman–Crippen LogP) is 1.11. The van der Waals surface area contributed by atoms with Gasteiger partial charge in [0.25, 0.3) is 0 Å². The van der Waals surface area contributed by atoms with Crippen LogP contribution in [0.25, 0.3) is 0 Å². The van der Waals surface area contributed by atoms with Crippen molar-refractivity contribution < 1.29 is 18.3 Å². The number of hydrogen-bond donors (Lipinski definition) is 2. The minimum absolute atomic E-state index is 0.111. The van der Waals surface area contributed by atoms with Gasteiger partial charge in [-0.1, -0.05) is 12.1 Å². The first-order chi connectivity index (χ1) is 9.99. The average molecular weight is 299 g/mol. The number of amides is 1. The number of nitrogens with one attached hydrogen (secondary N) is 1. The summed E-state index contributed by atoms with van der Waals surface area (Å²) in [7, 11) is 0. The molecule has 1 aliphatic heterocycles. The van der Waals surface area contributed by atoms with Crippen molar-refractivity contribution in [2.45, 2.75) is 25.6 Å². The molecule has 0 radical (unpaired) electrons. The zero-order chi connectivity index (χ0) is 15.4. The highest BCUT2D eigenvalue weighted by atomic mass is 19.3. The molecule has 21 heavy (non-hydrogen) atoms. The lowest BCUT2D eigenvalue weighted by Gasteiger charge is -2.38. The van der Waals surface area contributed by atoms with E-state index in [1.165, 1.54) is 6.07 Å². The number of ether oxygens (including phenoxy) is 1. The first-order valence-corrected chi connectivity index (χ1v) is 6.79. The molecule has 0 aromatic heterocycles. The Kier molecular flexibility index (Phi) is 5.08. The van der Waals surface area contributed by atoms with Gasteiger partial charge < -0.3 is 15.8 Å². The number of hydrogen-bond acceptors (Lipinski definition) is 4. The Morgan fingerprint density at radius 1 is 1.52 bits per heavy atom. The lowest BCUT2D eigenvalue weighted by atomic mass is 10.0. The van der Waals surface area contributed by atoms with Crippen molar-refractivity contribution in [1.82, 2.24) is 10.2 Å². The third-order valence-electron chi connectivity index (χ3n) is 3.68. The van der Waals surface area contributed by atoms with Crippen LogP contribution in [0.5, 0.6) is 5.75 Å². The number of carbonyl (C=O) groups excluding carboxylic acids is 1. The van der Waals surface area contributed by atoms with E-state index in [0.717, 1.165) is 12.1 Å². The van der Waals surface area contributed by atoms with Crippen LogP contribution in [-0.4, -0.2) is 43.1 Å². The van der Waals surface area contributed by atoms with Gasteiger partial charge in [0.05, 0.1) is 0 Å². The molecule has 116 valence electrons. The summed E-state index contributed by atoms with van der Waals surface area (Å²) in [5.41, 5.74) is 6.23. The Morgan fingerprint density at radius 3 is 2.95 bits per heavy atom. The standard InChI is InChI=1S/C14H19F2N3O2/c1-9(19-6-5-18-8-12(19)13(17)20)10-3-2-4-11(7-10)21-14(15)16/h2-4,7,9,12,14,18H,5-6,8H2,1H3,(H2,17,20). The summed E-state index contributed by atoms with van der Waals surface area (Å²) < 4.78 is 29.0. The number of nitrogens with zero attached hydrogens (tertiary/aromatic N) is 1. The molecule has 0 aliphatic carbocycles. The largest absolute Gasteiger partial charge is 0.435 e. The smallest absolute Gasteiger partial charge is 0.387 e. The van der Waals surface area contributed by atoms with Crippen molar-refractivity contribution in [2.24, 2.45) is 5.73 Å². The van der Waals surface area contributed by atoms with E-state index in [2.05, 4.69) is 10.1 Å². The van der Waals surface area contributed by atoms with E-state index in [9.17, 15) is 13.6 Å². The predicted molar refractivity (Wildman–Crippen MR) is 74.0 cm³/mol. The number of alkyl halides is 2. The molecule has 1 heterocycles. The summed E-state index contributed by atoms with van der Waals surface area (Å²) in [4.78, 5) is 13.5. The van der Waals surface area contributed by atoms with Gasteiger partial charge in [-0.25, -0.2) is 0 Å². The van der Waals surface area contributed by atoms with Crippen molar-refractivity contribution in [1.29, 1.82) is 0 Å². The van der Waals surface area contributed by atoms with E-state index in [0.29, 0.717) is 13.1 Å². The Bertz CT molecular complexity index is 499. The second-order valence-corrected chi connectivity index (χ2v) is 4.99. The lowest BCUT2D eigenvalue weighted by Crippen LogP contribution is -2.57. The highest BCUT2D eigenvalue weighted by Gasteiger charge is 2.31. The Balaban J connectivity index is 2.17. The monoisotopic (exact) mass is 299 g/mol. The van der Waals surface area contributed by atoms with Gasteiger partial charge >= 0.3 is 6.61 Å². The van der Waals surface area contributed by atoms with Gasteiger partial charge in [-0.15, -0.1) is 0 Å². The van der Waals surface area contributed by atoms with Crippen molar-refractivity contribution in [3.05, 3.63) is 29.8 Å². The van der Waals surface area contributed by atoms with Crippen molar-refractivity contribution >= 4 is 5.91 Å². The molecular formula is C14H19F2N3O2. The second kappa shape index (κ2) is 6.82. The lowest BCUT2D eigenvalue weighted by molar-refractivity contribution is -0.124. The molecule has 1 saturated heterocycles. The quantitative estimate of drug-likeness (QED) is 0.854. The molecule has 3 N–H and O–H groups in total. The van der Waals surface area contributed by atoms with Crippen LogP contribution in [0.15, 0.2) is 24.3 Å². The molecule has 0 spiro atoms. The highest BCUT2D eigenvalue weighted by molar-refractivity contribution is 5.80. The van der Waals surface area contributed by atoms with E-state index in [-0.39, 0.29) is 11.8 Å². The Morgan fingerprint density at radius 2 is 2.29 bits per heavy atom. The summed E-state index contributed by atoms with van der Waals surface area (Å²) >= 11 is 0. The van der Waals surface area contributed by atoms with Gasteiger partial charge in [-0.3, -0.25) is 9.69 Å². The first-order valence-electron chi connectivity index (χ1n) is 6.79. The van der Waals surface area contributed by atoms with E-state index in [4.69, 9.17) is 5.73 Å². The first kappa shape index (κ1) is 15.7. The second-order valence-electron chi connectivity index (χ2n) is 4.99. The Labute approximate surface area is 122 Å². The van der Waals surface area contributed by atoms with Gasteiger partial charge in [0.15, 0.2) is 0 Å². The van der Waals surface area contributed by atoms with Gasteiger partial charge in [0, 0.05) is 25.7 Å². The number of nitrogens with two attached hydrogens (primary N) is 1. The molecule has 2 unspecified atom stereocenters. The van der Waals surface area contributed by atoms with Crippen LogP contribution >= 0.6 is 0 Å². The zero-order valence-corrected chi connectivity index (χ0v) is 11.8. The number of halogens is 2. The normalized spacial score (nSPS) is 21.2. The van der Waals surface area contributed by atoms with Crippen molar-refractivity contribution in [3.63, 3.8) is 0 Å². The zero-order valence-electron chi connectivity index (χ0n) is 11.8. The minimum atomic E-state index is -2.85. The summed E-state index contributed by atoms with van der Waals surface area (Å²) in [6.07, 6.45) is 0. The van der Waals surface area contributed by atoms with Crippen molar-refractivity contribution in [2.75, 3.05) is 19.6 Å². The third-order valence-corrected chi connectivity index (χ3v) is 3.68. The SMILES string of the molecule is CC(c1cccc(OC(F)F)c1)N1CCNCC1C(N)=O. The molecule has 5 nitrogen and oxygen atoms in total.